The molecular weight excluding hydrogens is 266 g/mol. The highest BCUT2D eigenvalue weighted by molar-refractivity contribution is 5.86. The first kappa shape index (κ1) is 16.5. The van der Waals surface area contributed by atoms with Crippen LogP contribution in [-0.2, 0) is 16.0 Å². The second-order valence-electron chi connectivity index (χ2n) is 4.69. The summed E-state index contributed by atoms with van der Waals surface area (Å²) in [7, 11) is 1.57. The van der Waals surface area contributed by atoms with Crippen molar-refractivity contribution in [3.8, 4) is 0 Å². The summed E-state index contributed by atoms with van der Waals surface area (Å²) in [4.78, 5) is 11.1. The van der Waals surface area contributed by atoms with Gasteiger partial charge < -0.3 is 19.7 Å². The number of methoxy groups -OCH3 is 1. The summed E-state index contributed by atoms with van der Waals surface area (Å²) in [5.41, 5.74) is 0.418. The third-order valence-corrected chi connectivity index (χ3v) is 2.65. The molecule has 0 aromatic carbocycles. The number of aliphatic hydroxyl groups is 1. The molecule has 0 bridgehead atoms. The number of hydrogen-bond acceptors (Lipinski definition) is 6. The van der Waals surface area contributed by atoms with E-state index in [2.05, 4.69) is 10.3 Å². The number of carboxylic acid groups (broad SMARTS) is 1. The molecule has 1 aromatic heterocycles. The van der Waals surface area contributed by atoms with Crippen molar-refractivity contribution in [2.75, 3.05) is 26.9 Å². The summed E-state index contributed by atoms with van der Waals surface area (Å²) >= 11 is 0. The van der Waals surface area contributed by atoms with Gasteiger partial charge in [0.1, 0.15) is 0 Å². The molecule has 20 heavy (non-hydrogen) atoms. The number of hydrogen-bond donors (Lipinski definition) is 2. The topological polar surface area (TPSA) is 107 Å². The molecule has 1 atom stereocenters. The van der Waals surface area contributed by atoms with E-state index >= 15 is 0 Å². The summed E-state index contributed by atoms with van der Waals surface area (Å²) in [6.07, 6.45) is -0.785. The minimum atomic E-state index is -1.12. The smallest absolute Gasteiger partial charge is 0.358 e. The van der Waals surface area contributed by atoms with E-state index in [9.17, 15) is 9.90 Å². The first-order chi connectivity index (χ1) is 9.47. The number of carbonyl (C=O) groups is 1. The largest absolute Gasteiger partial charge is 0.476 e. The maximum Gasteiger partial charge on any atom is 0.358 e. The first-order valence-corrected chi connectivity index (χ1v) is 6.38. The Bertz CT molecular complexity index is 433. The van der Waals surface area contributed by atoms with Gasteiger partial charge in [0, 0.05) is 7.11 Å². The number of aliphatic hydroxyl groups excluding tert-OH is 1. The van der Waals surface area contributed by atoms with Crippen LogP contribution in [0, 0.1) is 0 Å². The Morgan fingerprint density at radius 3 is 2.65 bits per heavy atom. The third-order valence-electron chi connectivity index (χ3n) is 2.65. The molecule has 2 N–H and O–H groups in total. The van der Waals surface area contributed by atoms with Gasteiger partial charge in [-0.3, -0.25) is 0 Å². The van der Waals surface area contributed by atoms with Crippen LogP contribution in [0.3, 0.4) is 0 Å². The zero-order valence-electron chi connectivity index (χ0n) is 11.9. The van der Waals surface area contributed by atoms with Gasteiger partial charge in [-0.1, -0.05) is 19.1 Å². The van der Waals surface area contributed by atoms with Crippen LogP contribution in [-0.4, -0.2) is 64.2 Å². The zero-order chi connectivity index (χ0) is 15.1. The number of aromatic nitrogens is 3. The Balaban J connectivity index is 2.65. The van der Waals surface area contributed by atoms with Crippen LogP contribution in [0.5, 0.6) is 0 Å². The van der Waals surface area contributed by atoms with Crippen molar-refractivity contribution in [1.29, 1.82) is 0 Å². The molecule has 0 saturated carbocycles. The average Bonchev–Trinajstić information content (AvgIpc) is 2.78. The van der Waals surface area contributed by atoms with E-state index in [1.54, 1.807) is 7.11 Å². The SMILES string of the molecule is COCCOCC(O)Cn1nnc(C(=O)O)c1C(C)C. The number of aromatic carboxylic acids is 1. The van der Waals surface area contributed by atoms with Crippen molar-refractivity contribution >= 4 is 5.97 Å². The van der Waals surface area contributed by atoms with Crippen LogP contribution in [0.15, 0.2) is 0 Å². The molecule has 114 valence electrons. The van der Waals surface area contributed by atoms with E-state index in [0.717, 1.165) is 0 Å². The van der Waals surface area contributed by atoms with Crippen molar-refractivity contribution < 1.29 is 24.5 Å². The van der Waals surface area contributed by atoms with Crippen molar-refractivity contribution in [2.45, 2.75) is 32.4 Å². The maximum absolute atomic E-state index is 11.1. The standard InChI is InChI=1S/C12H21N3O5/c1-8(2)11-10(12(17)18)13-14-15(11)6-9(16)7-20-5-4-19-3/h8-9,16H,4-7H2,1-3H3,(H,17,18). The van der Waals surface area contributed by atoms with Gasteiger partial charge in [-0.25, -0.2) is 9.48 Å². The molecule has 8 nitrogen and oxygen atoms in total. The summed E-state index contributed by atoms with van der Waals surface area (Å²) < 4.78 is 11.4. The summed E-state index contributed by atoms with van der Waals surface area (Å²) in [5.74, 6) is -1.18. The highest BCUT2D eigenvalue weighted by Crippen LogP contribution is 2.17. The van der Waals surface area contributed by atoms with Crippen LogP contribution in [0.25, 0.3) is 0 Å². The Morgan fingerprint density at radius 2 is 2.10 bits per heavy atom. The Labute approximate surface area is 117 Å². The Morgan fingerprint density at radius 1 is 1.40 bits per heavy atom. The van der Waals surface area contributed by atoms with E-state index in [0.29, 0.717) is 18.9 Å². The minimum Gasteiger partial charge on any atom is -0.476 e. The van der Waals surface area contributed by atoms with Crippen LogP contribution < -0.4 is 0 Å². The summed E-state index contributed by atoms with van der Waals surface area (Å²) in [6.45, 7) is 4.81. The van der Waals surface area contributed by atoms with E-state index in [4.69, 9.17) is 14.6 Å². The quantitative estimate of drug-likeness (QED) is 0.621. The van der Waals surface area contributed by atoms with Gasteiger partial charge >= 0.3 is 5.97 Å². The molecule has 1 aromatic rings. The fraction of sp³-hybridized carbons (Fsp3) is 0.750. The zero-order valence-corrected chi connectivity index (χ0v) is 11.9. The predicted octanol–water partition coefficient (Wildman–Crippen LogP) is 0.124. The van der Waals surface area contributed by atoms with Crippen LogP contribution in [0.1, 0.15) is 35.9 Å². The Hall–Kier alpha value is -1.51. The highest BCUT2D eigenvalue weighted by Gasteiger charge is 2.22. The molecule has 1 unspecified atom stereocenters. The normalized spacial score (nSPS) is 12.8. The van der Waals surface area contributed by atoms with Gasteiger partial charge in [0.05, 0.1) is 38.2 Å². The van der Waals surface area contributed by atoms with Crippen LogP contribution in [0.2, 0.25) is 0 Å². The van der Waals surface area contributed by atoms with Gasteiger partial charge in [-0.15, -0.1) is 5.10 Å². The number of rotatable bonds is 9. The third kappa shape index (κ3) is 4.55. The molecular formula is C12H21N3O5. The second kappa shape index (κ2) is 7.93. The molecule has 0 aliphatic heterocycles. The lowest BCUT2D eigenvalue weighted by Crippen LogP contribution is -2.25. The summed E-state index contributed by atoms with van der Waals surface area (Å²) in [6, 6.07) is 0. The van der Waals surface area contributed by atoms with Crippen molar-refractivity contribution in [3.63, 3.8) is 0 Å². The van der Waals surface area contributed by atoms with Crippen LogP contribution in [0.4, 0.5) is 0 Å². The van der Waals surface area contributed by atoms with E-state index < -0.39 is 12.1 Å². The number of nitrogens with zero attached hydrogens (tertiary/aromatic N) is 3. The monoisotopic (exact) mass is 287 g/mol. The van der Waals surface area contributed by atoms with Gasteiger partial charge in [-0.05, 0) is 5.92 Å². The molecule has 1 heterocycles. The van der Waals surface area contributed by atoms with Crippen LogP contribution >= 0.6 is 0 Å². The molecule has 0 spiro atoms. The van der Waals surface area contributed by atoms with E-state index in [1.165, 1.54) is 4.68 Å². The second-order valence-corrected chi connectivity index (χ2v) is 4.69. The van der Waals surface area contributed by atoms with Crippen molar-refractivity contribution in [1.82, 2.24) is 15.0 Å². The molecule has 1 rings (SSSR count). The van der Waals surface area contributed by atoms with Gasteiger partial charge in [0.15, 0.2) is 5.69 Å². The lowest BCUT2D eigenvalue weighted by atomic mass is 10.1. The fourth-order valence-corrected chi connectivity index (χ4v) is 1.79. The molecule has 0 saturated heterocycles. The lowest BCUT2D eigenvalue weighted by Gasteiger charge is -2.14. The molecule has 0 aliphatic carbocycles. The lowest BCUT2D eigenvalue weighted by molar-refractivity contribution is 0.00541. The van der Waals surface area contributed by atoms with Gasteiger partial charge in [-0.2, -0.15) is 0 Å². The Kier molecular flexibility index (Phi) is 6.56. The summed E-state index contributed by atoms with van der Waals surface area (Å²) in [5, 5.41) is 26.3. The van der Waals surface area contributed by atoms with E-state index in [-0.39, 0.29) is 24.8 Å². The maximum atomic E-state index is 11.1. The van der Waals surface area contributed by atoms with Crippen molar-refractivity contribution in [2.24, 2.45) is 0 Å². The number of ether oxygens (including phenoxy) is 2. The molecule has 0 amide bonds. The van der Waals surface area contributed by atoms with Gasteiger partial charge in [0.25, 0.3) is 0 Å². The molecule has 0 aliphatic rings. The van der Waals surface area contributed by atoms with E-state index in [1.807, 2.05) is 13.8 Å². The van der Waals surface area contributed by atoms with Gasteiger partial charge in [0.2, 0.25) is 0 Å². The molecule has 8 heteroatoms. The predicted molar refractivity (Wildman–Crippen MR) is 69.8 cm³/mol. The minimum absolute atomic E-state index is 0.0577. The average molecular weight is 287 g/mol. The first-order valence-electron chi connectivity index (χ1n) is 6.38. The molecule has 0 fully saturated rings. The molecule has 0 radical (unpaired) electrons. The van der Waals surface area contributed by atoms with Crippen molar-refractivity contribution in [3.05, 3.63) is 11.4 Å². The number of carboxylic acids is 1. The fourth-order valence-electron chi connectivity index (χ4n) is 1.79. The highest BCUT2D eigenvalue weighted by atomic mass is 16.5.